The van der Waals surface area contributed by atoms with Crippen LogP contribution in [0.3, 0.4) is 0 Å². The van der Waals surface area contributed by atoms with Crippen molar-refractivity contribution in [3.05, 3.63) is 84.1 Å². The van der Waals surface area contributed by atoms with Crippen LogP contribution in [0, 0.1) is 5.41 Å². The SMILES string of the molecule is CC(C)(C)OC(=O)CC(O)(c1ccccc1)c1ccnc(-c2ccccc2)c1NC(=O)C(C)(C)C. The van der Waals surface area contributed by atoms with Gasteiger partial charge in [-0.05, 0) is 32.4 Å². The highest BCUT2D eigenvalue weighted by Crippen LogP contribution is 2.42. The van der Waals surface area contributed by atoms with Crippen LogP contribution >= 0.6 is 0 Å². The van der Waals surface area contributed by atoms with Crippen molar-refractivity contribution in [1.82, 2.24) is 4.98 Å². The van der Waals surface area contributed by atoms with Gasteiger partial charge in [0.1, 0.15) is 11.2 Å². The lowest BCUT2D eigenvalue weighted by Gasteiger charge is -2.33. The molecule has 6 heteroatoms. The molecule has 0 fully saturated rings. The average molecular weight is 475 g/mol. The summed E-state index contributed by atoms with van der Waals surface area (Å²) in [6.07, 6.45) is 1.23. The second-order valence-corrected chi connectivity index (χ2v) is 10.6. The second kappa shape index (κ2) is 10.0. The van der Waals surface area contributed by atoms with Crippen molar-refractivity contribution in [2.45, 2.75) is 59.2 Å². The monoisotopic (exact) mass is 474 g/mol. The molecule has 1 heterocycles. The Kier molecular flexibility index (Phi) is 7.46. The zero-order chi connectivity index (χ0) is 25.9. The standard InChI is InChI=1S/C29H34N2O4/c1-27(2,3)26(33)31-25-22(17-18-30-24(25)20-13-9-7-10-14-20)29(34,21-15-11-8-12-16-21)19-23(32)35-28(4,5)6/h7-18,34H,19H2,1-6H3,(H,31,33). The van der Waals surface area contributed by atoms with Crippen LogP contribution in [-0.2, 0) is 19.9 Å². The molecule has 0 saturated carbocycles. The van der Waals surface area contributed by atoms with Crippen molar-refractivity contribution in [3.63, 3.8) is 0 Å². The number of esters is 1. The van der Waals surface area contributed by atoms with Crippen LogP contribution in [0.1, 0.15) is 59.1 Å². The average Bonchev–Trinajstić information content (AvgIpc) is 2.78. The van der Waals surface area contributed by atoms with Crippen molar-refractivity contribution in [2.75, 3.05) is 5.32 Å². The zero-order valence-corrected chi connectivity index (χ0v) is 21.3. The maximum Gasteiger partial charge on any atom is 0.309 e. The van der Waals surface area contributed by atoms with E-state index in [0.717, 1.165) is 5.56 Å². The van der Waals surface area contributed by atoms with E-state index < -0.39 is 22.6 Å². The van der Waals surface area contributed by atoms with Gasteiger partial charge in [0.25, 0.3) is 0 Å². The zero-order valence-electron chi connectivity index (χ0n) is 21.3. The van der Waals surface area contributed by atoms with E-state index in [1.165, 1.54) is 0 Å². The highest BCUT2D eigenvalue weighted by molar-refractivity contribution is 5.99. The summed E-state index contributed by atoms with van der Waals surface area (Å²) in [6, 6.07) is 20.0. The quantitative estimate of drug-likeness (QED) is 0.447. The molecule has 3 aromatic rings. The molecule has 2 aromatic carbocycles. The van der Waals surface area contributed by atoms with Crippen LogP contribution in [0.2, 0.25) is 0 Å². The molecular formula is C29H34N2O4. The highest BCUT2D eigenvalue weighted by Gasteiger charge is 2.39. The van der Waals surface area contributed by atoms with E-state index in [-0.39, 0.29) is 12.3 Å². The van der Waals surface area contributed by atoms with Crippen LogP contribution in [-0.4, -0.2) is 27.6 Å². The van der Waals surface area contributed by atoms with Gasteiger partial charge >= 0.3 is 5.97 Å². The summed E-state index contributed by atoms with van der Waals surface area (Å²) >= 11 is 0. The molecule has 0 bridgehead atoms. The topological polar surface area (TPSA) is 88.5 Å². The Morgan fingerprint density at radius 1 is 0.886 bits per heavy atom. The van der Waals surface area contributed by atoms with Gasteiger partial charge in [0.15, 0.2) is 0 Å². The molecule has 184 valence electrons. The maximum atomic E-state index is 13.1. The summed E-state index contributed by atoms with van der Waals surface area (Å²) in [5.41, 5.74) is -0.707. The van der Waals surface area contributed by atoms with E-state index in [4.69, 9.17) is 4.74 Å². The number of nitrogens with one attached hydrogen (secondary N) is 1. The third-order valence-corrected chi connectivity index (χ3v) is 5.44. The first-order chi connectivity index (χ1) is 16.3. The van der Waals surface area contributed by atoms with Gasteiger partial charge in [-0.3, -0.25) is 14.6 Å². The third kappa shape index (κ3) is 6.34. The van der Waals surface area contributed by atoms with E-state index in [0.29, 0.717) is 22.5 Å². The molecule has 1 atom stereocenters. The van der Waals surface area contributed by atoms with Crippen LogP contribution in [0.15, 0.2) is 72.9 Å². The van der Waals surface area contributed by atoms with Crippen molar-refractivity contribution >= 4 is 17.6 Å². The Labute approximate surface area is 207 Å². The molecule has 2 N–H and O–H groups in total. The van der Waals surface area contributed by atoms with E-state index in [9.17, 15) is 14.7 Å². The number of hydrogen-bond acceptors (Lipinski definition) is 5. The number of benzene rings is 2. The minimum Gasteiger partial charge on any atom is -0.460 e. The van der Waals surface area contributed by atoms with Gasteiger partial charge in [0.2, 0.25) is 5.91 Å². The first-order valence-corrected chi connectivity index (χ1v) is 11.7. The van der Waals surface area contributed by atoms with Crippen LogP contribution in [0.4, 0.5) is 5.69 Å². The molecule has 1 aromatic heterocycles. The second-order valence-electron chi connectivity index (χ2n) is 10.6. The number of amides is 1. The molecule has 6 nitrogen and oxygen atoms in total. The Morgan fingerprint density at radius 3 is 2.00 bits per heavy atom. The van der Waals surface area contributed by atoms with Crippen molar-refractivity contribution < 1.29 is 19.4 Å². The number of aromatic nitrogens is 1. The first kappa shape index (κ1) is 26.1. The van der Waals surface area contributed by atoms with Crippen LogP contribution in [0.5, 0.6) is 0 Å². The Balaban J connectivity index is 2.26. The predicted molar refractivity (Wildman–Crippen MR) is 138 cm³/mol. The maximum absolute atomic E-state index is 13.1. The van der Waals surface area contributed by atoms with E-state index in [1.807, 2.05) is 57.2 Å². The van der Waals surface area contributed by atoms with Crippen molar-refractivity contribution in [3.8, 4) is 11.3 Å². The predicted octanol–water partition coefficient (Wildman–Crippen LogP) is 5.70. The lowest BCUT2D eigenvalue weighted by atomic mass is 9.81. The van der Waals surface area contributed by atoms with Gasteiger partial charge in [0.05, 0.1) is 17.8 Å². The summed E-state index contributed by atoms with van der Waals surface area (Å²) in [5, 5.41) is 15.2. The number of ether oxygens (including phenoxy) is 1. The molecule has 1 unspecified atom stereocenters. The molecule has 35 heavy (non-hydrogen) atoms. The fourth-order valence-corrected chi connectivity index (χ4v) is 3.70. The van der Waals surface area contributed by atoms with Crippen LogP contribution in [0.25, 0.3) is 11.3 Å². The number of rotatable bonds is 6. The Bertz CT molecular complexity index is 1180. The molecule has 0 aliphatic carbocycles. The first-order valence-electron chi connectivity index (χ1n) is 11.7. The van der Waals surface area contributed by atoms with Crippen LogP contribution < -0.4 is 5.32 Å². The number of hydrogen-bond donors (Lipinski definition) is 2. The molecule has 0 radical (unpaired) electrons. The molecule has 0 spiro atoms. The molecular weight excluding hydrogens is 440 g/mol. The number of carbonyl (C=O) groups is 2. The number of anilines is 1. The molecule has 3 rings (SSSR count). The number of carbonyl (C=O) groups excluding carboxylic acids is 2. The van der Waals surface area contributed by atoms with Gasteiger partial charge in [-0.15, -0.1) is 0 Å². The summed E-state index contributed by atoms with van der Waals surface area (Å²) < 4.78 is 5.56. The summed E-state index contributed by atoms with van der Waals surface area (Å²) in [6.45, 7) is 10.8. The third-order valence-electron chi connectivity index (χ3n) is 5.44. The fourth-order valence-electron chi connectivity index (χ4n) is 3.70. The molecule has 0 saturated heterocycles. The summed E-state index contributed by atoms with van der Waals surface area (Å²) in [7, 11) is 0. The number of nitrogens with zero attached hydrogens (tertiary/aromatic N) is 1. The van der Waals surface area contributed by atoms with Gasteiger partial charge in [-0.25, -0.2) is 0 Å². The van der Waals surface area contributed by atoms with Crippen molar-refractivity contribution in [1.29, 1.82) is 0 Å². The van der Waals surface area contributed by atoms with Gasteiger partial charge in [-0.1, -0.05) is 81.4 Å². The number of pyridine rings is 1. The Morgan fingerprint density at radius 2 is 1.46 bits per heavy atom. The van der Waals surface area contributed by atoms with Gasteiger partial charge in [-0.2, -0.15) is 0 Å². The highest BCUT2D eigenvalue weighted by atomic mass is 16.6. The summed E-state index contributed by atoms with van der Waals surface area (Å²) in [5.74, 6) is -0.799. The lowest BCUT2D eigenvalue weighted by molar-refractivity contribution is -0.159. The minimum absolute atomic E-state index is 0.239. The smallest absolute Gasteiger partial charge is 0.309 e. The lowest BCUT2D eigenvalue weighted by Crippen LogP contribution is -2.36. The van der Waals surface area contributed by atoms with E-state index in [2.05, 4.69) is 10.3 Å². The Hall–Kier alpha value is -3.51. The fraction of sp³-hybridized carbons (Fsp3) is 0.345. The molecule has 0 aliphatic heterocycles. The number of aliphatic hydroxyl groups is 1. The van der Waals surface area contributed by atoms with Gasteiger partial charge in [0, 0.05) is 22.7 Å². The minimum atomic E-state index is -1.78. The van der Waals surface area contributed by atoms with Gasteiger partial charge < -0.3 is 15.2 Å². The van der Waals surface area contributed by atoms with E-state index >= 15 is 0 Å². The molecule has 0 aliphatic rings. The largest absolute Gasteiger partial charge is 0.460 e. The normalized spacial score (nSPS) is 13.6. The molecule has 1 amide bonds. The van der Waals surface area contributed by atoms with Crippen molar-refractivity contribution in [2.24, 2.45) is 5.41 Å². The van der Waals surface area contributed by atoms with E-state index in [1.54, 1.807) is 57.3 Å². The summed E-state index contributed by atoms with van der Waals surface area (Å²) in [4.78, 5) is 30.7.